The number of H-pyrrole nitrogens is 1. The van der Waals surface area contributed by atoms with Crippen molar-refractivity contribution in [2.75, 3.05) is 38.7 Å². The number of fused-ring (bicyclic) bond motifs is 1. The molecule has 2 heterocycles. The Morgan fingerprint density at radius 2 is 1.74 bits per heavy atom. The largest absolute Gasteiger partial charge is 0.497 e. The van der Waals surface area contributed by atoms with Crippen molar-refractivity contribution in [2.45, 2.75) is 19.4 Å². The van der Waals surface area contributed by atoms with Crippen LogP contribution in [-0.4, -0.2) is 49.2 Å². The number of para-hydroxylation sites is 1. The van der Waals surface area contributed by atoms with Crippen molar-refractivity contribution >= 4 is 22.5 Å². The van der Waals surface area contributed by atoms with Crippen LogP contribution in [0.25, 0.3) is 22.2 Å². The number of carbonyl (C=O) groups excluding carboxylic acids is 1. The molecule has 3 aromatic carbocycles. The first kappa shape index (κ1) is 23.1. The van der Waals surface area contributed by atoms with E-state index in [0.29, 0.717) is 12.8 Å². The molecule has 1 saturated heterocycles. The molecule has 1 fully saturated rings. The summed E-state index contributed by atoms with van der Waals surface area (Å²) < 4.78 is 10.7. The van der Waals surface area contributed by atoms with E-state index in [1.165, 1.54) is 5.56 Å². The van der Waals surface area contributed by atoms with E-state index in [1.807, 2.05) is 48.5 Å². The van der Waals surface area contributed by atoms with Crippen LogP contribution in [0.15, 0.2) is 72.8 Å². The van der Waals surface area contributed by atoms with Crippen LogP contribution < -0.4 is 10.1 Å². The normalized spacial score (nSPS) is 14.2. The fraction of sp³-hybridized carbons (Fsp3) is 0.276. The maximum Gasteiger partial charge on any atom is 0.224 e. The van der Waals surface area contributed by atoms with Gasteiger partial charge in [0.1, 0.15) is 5.75 Å². The van der Waals surface area contributed by atoms with Crippen LogP contribution in [-0.2, 0) is 22.5 Å². The quantitative estimate of drug-likeness (QED) is 0.370. The average molecular weight is 470 g/mol. The van der Waals surface area contributed by atoms with Crippen molar-refractivity contribution in [3.8, 4) is 17.0 Å². The maximum atomic E-state index is 12.8. The van der Waals surface area contributed by atoms with Crippen LogP contribution in [0, 0.1) is 0 Å². The lowest BCUT2D eigenvalue weighted by Gasteiger charge is -2.26. The average Bonchev–Trinajstić information content (AvgIpc) is 3.28. The molecule has 4 aromatic rings. The van der Waals surface area contributed by atoms with Gasteiger partial charge in [-0.3, -0.25) is 9.69 Å². The number of carbonyl (C=O) groups is 1. The third-order valence-electron chi connectivity index (χ3n) is 6.54. The molecule has 6 nitrogen and oxygen atoms in total. The van der Waals surface area contributed by atoms with Crippen molar-refractivity contribution in [3.05, 3.63) is 83.9 Å². The van der Waals surface area contributed by atoms with E-state index in [1.54, 1.807) is 7.11 Å². The van der Waals surface area contributed by atoms with Gasteiger partial charge in [0.05, 0.1) is 20.3 Å². The van der Waals surface area contributed by atoms with Gasteiger partial charge in [-0.25, -0.2) is 0 Å². The number of rotatable bonds is 8. The van der Waals surface area contributed by atoms with Crippen LogP contribution in [0.5, 0.6) is 5.75 Å². The second kappa shape index (κ2) is 10.8. The fourth-order valence-electron chi connectivity index (χ4n) is 4.64. The summed E-state index contributed by atoms with van der Waals surface area (Å²) in [7, 11) is 1.67. The van der Waals surface area contributed by atoms with Gasteiger partial charge >= 0.3 is 0 Å². The number of morpholine rings is 1. The summed E-state index contributed by atoms with van der Waals surface area (Å²) in [4.78, 5) is 18.8. The molecule has 2 N–H and O–H groups in total. The number of aromatic nitrogens is 1. The van der Waals surface area contributed by atoms with E-state index in [4.69, 9.17) is 9.47 Å². The van der Waals surface area contributed by atoms with Gasteiger partial charge in [-0.05, 0) is 65.6 Å². The van der Waals surface area contributed by atoms with Crippen LogP contribution in [0.1, 0.15) is 17.5 Å². The molecule has 180 valence electrons. The number of nitrogens with zero attached hydrogens (tertiary/aromatic N) is 1. The summed E-state index contributed by atoms with van der Waals surface area (Å²) in [5.74, 6) is 0.832. The highest BCUT2D eigenvalue weighted by Gasteiger charge is 2.15. The monoisotopic (exact) mass is 469 g/mol. The van der Waals surface area contributed by atoms with E-state index in [-0.39, 0.29) is 5.91 Å². The van der Waals surface area contributed by atoms with Crippen molar-refractivity contribution in [1.82, 2.24) is 9.88 Å². The molecule has 6 heteroatoms. The first-order valence-electron chi connectivity index (χ1n) is 12.1. The number of methoxy groups -OCH3 is 1. The van der Waals surface area contributed by atoms with Crippen LogP contribution in [0.2, 0.25) is 0 Å². The number of ether oxygens (including phenoxy) is 2. The maximum absolute atomic E-state index is 12.8. The molecule has 0 saturated carbocycles. The minimum atomic E-state index is 0.0110. The Morgan fingerprint density at radius 3 is 2.49 bits per heavy atom. The lowest BCUT2D eigenvalue weighted by atomic mass is 10.0. The molecular formula is C29H31N3O3. The third-order valence-corrected chi connectivity index (χ3v) is 6.54. The van der Waals surface area contributed by atoms with E-state index in [0.717, 1.165) is 72.0 Å². The minimum absolute atomic E-state index is 0.0110. The van der Waals surface area contributed by atoms with Crippen molar-refractivity contribution < 1.29 is 14.3 Å². The summed E-state index contributed by atoms with van der Waals surface area (Å²) in [6, 6.07) is 24.4. The summed E-state index contributed by atoms with van der Waals surface area (Å²) >= 11 is 0. The Labute approximate surface area is 205 Å². The number of aromatic amines is 1. The summed E-state index contributed by atoms with van der Waals surface area (Å²) in [5, 5.41) is 4.21. The summed E-state index contributed by atoms with van der Waals surface area (Å²) in [5.41, 5.74) is 6.43. The first-order chi connectivity index (χ1) is 17.2. The number of nitrogens with one attached hydrogen (secondary N) is 2. The van der Waals surface area contributed by atoms with Gasteiger partial charge in [0.25, 0.3) is 0 Å². The molecule has 0 aliphatic carbocycles. The number of hydrogen-bond donors (Lipinski definition) is 2. The van der Waals surface area contributed by atoms with Gasteiger partial charge < -0.3 is 19.8 Å². The zero-order chi connectivity index (χ0) is 24.0. The molecule has 1 aliphatic rings. The van der Waals surface area contributed by atoms with Crippen LogP contribution in [0.3, 0.4) is 0 Å². The topological polar surface area (TPSA) is 66.6 Å². The molecular weight excluding hydrogens is 438 g/mol. The number of amides is 1. The molecule has 1 aliphatic heterocycles. The molecule has 0 radical (unpaired) electrons. The second-order valence-electron chi connectivity index (χ2n) is 8.89. The molecule has 1 amide bonds. The first-order valence-corrected chi connectivity index (χ1v) is 12.1. The van der Waals surface area contributed by atoms with E-state index in [2.05, 4.69) is 39.5 Å². The predicted octanol–water partition coefficient (Wildman–Crippen LogP) is 5.25. The van der Waals surface area contributed by atoms with Crippen molar-refractivity contribution in [2.24, 2.45) is 0 Å². The zero-order valence-electron chi connectivity index (χ0n) is 20.0. The van der Waals surface area contributed by atoms with Gasteiger partial charge in [0.2, 0.25) is 5.91 Å². The highest BCUT2D eigenvalue weighted by atomic mass is 16.5. The van der Waals surface area contributed by atoms with Gasteiger partial charge in [0, 0.05) is 48.3 Å². The fourth-order valence-corrected chi connectivity index (χ4v) is 4.64. The molecule has 1 aromatic heterocycles. The van der Waals surface area contributed by atoms with Gasteiger partial charge in [-0.2, -0.15) is 0 Å². The number of benzene rings is 3. The Hall–Kier alpha value is -3.61. The van der Waals surface area contributed by atoms with Gasteiger partial charge in [-0.15, -0.1) is 0 Å². The summed E-state index contributed by atoms with van der Waals surface area (Å²) in [6.07, 6.45) is 1.05. The number of anilines is 1. The number of aryl methyl sites for hydroxylation is 1. The Balaban J connectivity index is 1.25. The molecule has 0 unspecified atom stereocenters. The highest BCUT2D eigenvalue weighted by molar-refractivity contribution is 5.94. The molecule has 35 heavy (non-hydrogen) atoms. The van der Waals surface area contributed by atoms with Crippen LogP contribution in [0.4, 0.5) is 5.69 Å². The van der Waals surface area contributed by atoms with Gasteiger partial charge in [-0.1, -0.05) is 30.3 Å². The Morgan fingerprint density at radius 1 is 1.00 bits per heavy atom. The molecule has 0 bridgehead atoms. The lowest BCUT2D eigenvalue weighted by Crippen LogP contribution is -2.35. The van der Waals surface area contributed by atoms with Crippen LogP contribution >= 0.6 is 0 Å². The Kier molecular flexibility index (Phi) is 7.12. The Bertz CT molecular complexity index is 1270. The van der Waals surface area contributed by atoms with E-state index < -0.39 is 0 Å². The second-order valence-corrected chi connectivity index (χ2v) is 8.89. The smallest absolute Gasteiger partial charge is 0.224 e. The molecule has 5 rings (SSSR count). The zero-order valence-corrected chi connectivity index (χ0v) is 20.0. The standard InChI is InChI=1S/C29H31N3O3/c1-34-24-12-8-22(9-13-24)29-26(25-4-2-3-5-27(25)31-29)14-15-28(33)30-23-10-6-21(7-11-23)20-32-16-18-35-19-17-32/h2-13,31H,14-20H2,1H3,(H,30,33). The van der Waals surface area contributed by atoms with E-state index in [9.17, 15) is 4.79 Å². The minimum Gasteiger partial charge on any atom is -0.497 e. The van der Waals surface area contributed by atoms with Gasteiger partial charge in [0.15, 0.2) is 0 Å². The number of hydrogen-bond acceptors (Lipinski definition) is 4. The molecule has 0 atom stereocenters. The molecule has 0 spiro atoms. The highest BCUT2D eigenvalue weighted by Crippen LogP contribution is 2.32. The predicted molar refractivity (Wildman–Crippen MR) is 140 cm³/mol. The van der Waals surface area contributed by atoms with Crippen molar-refractivity contribution in [3.63, 3.8) is 0 Å². The summed E-state index contributed by atoms with van der Waals surface area (Å²) in [6.45, 7) is 4.43. The SMILES string of the molecule is COc1ccc(-c2[nH]c3ccccc3c2CCC(=O)Nc2ccc(CN3CCOCC3)cc2)cc1. The van der Waals surface area contributed by atoms with E-state index >= 15 is 0 Å². The third kappa shape index (κ3) is 5.56. The van der Waals surface area contributed by atoms with Crippen molar-refractivity contribution in [1.29, 1.82) is 0 Å². The lowest BCUT2D eigenvalue weighted by molar-refractivity contribution is -0.116.